The molecule has 1 fully saturated rings. The molecule has 1 aliphatic rings. The number of benzene rings is 1. The summed E-state index contributed by atoms with van der Waals surface area (Å²) in [6.07, 6.45) is 0. The first-order valence-corrected chi connectivity index (χ1v) is 5.99. The highest BCUT2D eigenvalue weighted by Gasteiger charge is 2.25. The van der Waals surface area contributed by atoms with Crippen molar-refractivity contribution in [1.82, 2.24) is 9.80 Å². The van der Waals surface area contributed by atoms with E-state index in [2.05, 4.69) is 6.07 Å². The number of phenolic OH excluding ortho intramolecular Hbond substituents is 1. The van der Waals surface area contributed by atoms with Gasteiger partial charge < -0.3 is 10.0 Å². The zero-order chi connectivity index (χ0) is 13.8. The Balaban J connectivity index is 2.08. The van der Waals surface area contributed by atoms with Crippen LogP contribution >= 0.6 is 0 Å². The number of nitrogens with zero attached hydrogens (tertiary/aromatic N) is 3. The first kappa shape index (κ1) is 13.3. The molecular formula is C13H14FN3O2. The molecule has 6 heteroatoms. The second kappa shape index (κ2) is 5.67. The lowest BCUT2D eigenvalue weighted by molar-refractivity contribution is 0.0644. The van der Waals surface area contributed by atoms with Crippen LogP contribution in [0.5, 0.6) is 5.75 Å². The first-order valence-electron chi connectivity index (χ1n) is 5.99. The second-order valence-corrected chi connectivity index (χ2v) is 4.36. The van der Waals surface area contributed by atoms with Gasteiger partial charge in [-0.3, -0.25) is 9.69 Å². The Labute approximate surface area is 110 Å². The number of carbonyl (C=O) groups is 1. The van der Waals surface area contributed by atoms with Crippen molar-refractivity contribution in [2.75, 3.05) is 32.7 Å². The molecule has 1 aromatic rings. The van der Waals surface area contributed by atoms with Crippen LogP contribution in [0.3, 0.4) is 0 Å². The van der Waals surface area contributed by atoms with Gasteiger partial charge in [0.1, 0.15) is 17.1 Å². The quantitative estimate of drug-likeness (QED) is 0.802. The lowest BCUT2D eigenvalue weighted by Crippen LogP contribution is -2.48. The van der Waals surface area contributed by atoms with Crippen LogP contribution in [0.1, 0.15) is 10.4 Å². The number of carbonyl (C=O) groups excluding carboxylic acids is 1. The number of amides is 1. The van der Waals surface area contributed by atoms with Gasteiger partial charge in [0.15, 0.2) is 0 Å². The molecule has 0 radical (unpaired) electrons. The van der Waals surface area contributed by atoms with E-state index >= 15 is 0 Å². The monoisotopic (exact) mass is 263 g/mol. The number of halogens is 1. The summed E-state index contributed by atoms with van der Waals surface area (Å²) in [6, 6.07) is 5.85. The van der Waals surface area contributed by atoms with E-state index in [1.807, 2.05) is 4.90 Å². The van der Waals surface area contributed by atoms with E-state index in [4.69, 9.17) is 5.26 Å². The van der Waals surface area contributed by atoms with Crippen LogP contribution in [-0.2, 0) is 0 Å². The molecule has 1 aromatic carbocycles. The van der Waals surface area contributed by atoms with Crippen LogP contribution in [0.25, 0.3) is 0 Å². The lowest BCUT2D eigenvalue weighted by Gasteiger charge is -2.33. The number of phenols is 1. The van der Waals surface area contributed by atoms with E-state index in [9.17, 15) is 14.3 Å². The summed E-state index contributed by atoms with van der Waals surface area (Å²) in [5.41, 5.74) is -0.281. The Hall–Kier alpha value is -2.13. The Kier molecular flexibility index (Phi) is 3.97. The van der Waals surface area contributed by atoms with Crippen LogP contribution in [0, 0.1) is 17.1 Å². The predicted molar refractivity (Wildman–Crippen MR) is 66.0 cm³/mol. The normalized spacial score (nSPS) is 16.1. The molecule has 0 spiro atoms. The molecule has 1 saturated heterocycles. The van der Waals surface area contributed by atoms with Gasteiger partial charge in [-0.05, 0) is 12.1 Å². The van der Waals surface area contributed by atoms with Crippen molar-refractivity contribution in [3.63, 3.8) is 0 Å². The molecule has 100 valence electrons. The summed E-state index contributed by atoms with van der Waals surface area (Å²) in [4.78, 5) is 15.6. The lowest BCUT2D eigenvalue weighted by atomic mass is 10.1. The molecule has 0 aromatic heterocycles. The third-order valence-electron chi connectivity index (χ3n) is 3.16. The molecule has 1 aliphatic heterocycles. The number of aromatic hydroxyl groups is 1. The van der Waals surface area contributed by atoms with E-state index in [0.717, 1.165) is 6.07 Å². The summed E-state index contributed by atoms with van der Waals surface area (Å²) in [5, 5.41) is 18.2. The van der Waals surface area contributed by atoms with Crippen LogP contribution in [0.15, 0.2) is 18.2 Å². The third kappa shape index (κ3) is 2.83. The van der Waals surface area contributed by atoms with Crippen molar-refractivity contribution in [1.29, 1.82) is 5.26 Å². The number of nitriles is 1. The highest BCUT2D eigenvalue weighted by atomic mass is 19.1. The van der Waals surface area contributed by atoms with Crippen LogP contribution in [0.2, 0.25) is 0 Å². The topological polar surface area (TPSA) is 67.6 Å². The zero-order valence-corrected chi connectivity index (χ0v) is 10.3. The van der Waals surface area contributed by atoms with Crippen LogP contribution in [-0.4, -0.2) is 53.5 Å². The Morgan fingerprint density at radius 3 is 2.63 bits per heavy atom. The van der Waals surface area contributed by atoms with E-state index in [0.29, 0.717) is 32.7 Å². The molecule has 0 saturated carbocycles. The van der Waals surface area contributed by atoms with E-state index in [1.165, 1.54) is 17.0 Å². The van der Waals surface area contributed by atoms with Gasteiger partial charge in [-0.15, -0.1) is 0 Å². The molecule has 1 heterocycles. The Morgan fingerprint density at radius 2 is 2.05 bits per heavy atom. The van der Waals surface area contributed by atoms with Crippen molar-refractivity contribution < 1.29 is 14.3 Å². The van der Waals surface area contributed by atoms with Gasteiger partial charge >= 0.3 is 0 Å². The van der Waals surface area contributed by atoms with Crippen molar-refractivity contribution in [3.05, 3.63) is 29.6 Å². The standard InChI is InChI=1S/C13H14FN3O2/c14-10-2-1-3-11(18)12(10)13(19)17-8-6-16(5-4-15)7-9-17/h1-3,18H,5-9H2. The summed E-state index contributed by atoms with van der Waals surface area (Å²) < 4.78 is 13.6. The highest BCUT2D eigenvalue weighted by Crippen LogP contribution is 2.22. The molecule has 0 bridgehead atoms. The van der Waals surface area contributed by atoms with E-state index < -0.39 is 11.7 Å². The zero-order valence-electron chi connectivity index (χ0n) is 10.3. The molecule has 1 N–H and O–H groups in total. The van der Waals surface area contributed by atoms with Gasteiger partial charge in [0.05, 0.1) is 12.6 Å². The molecule has 5 nitrogen and oxygen atoms in total. The minimum Gasteiger partial charge on any atom is -0.507 e. The Morgan fingerprint density at radius 1 is 1.37 bits per heavy atom. The van der Waals surface area contributed by atoms with Gasteiger partial charge in [-0.1, -0.05) is 6.07 Å². The fourth-order valence-corrected chi connectivity index (χ4v) is 2.09. The fraction of sp³-hybridized carbons (Fsp3) is 0.385. The van der Waals surface area contributed by atoms with Crippen LogP contribution < -0.4 is 0 Å². The van der Waals surface area contributed by atoms with E-state index in [1.54, 1.807) is 0 Å². The maximum Gasteiger partial charge on any atom is 0.260 e. The summed E-state index contributed by atoms with van der Waals surface area (Å²) in [7, 11) is 0. The van der Waals surface area contributed by atoms with Gasteiger partial charge in [-0.25, -0.2) is 4.39 Å². The van der Waals surface area contributed by atoms with Crippen LogP contribution in [0.4, 0.5) is 4.39 Å². The summed E-state index contributed by atoms with van der Waals surface area (Å²) in [5.74, 6) is -1.57. The predicted octanol–water partition coefficient (Wildman–Crippen LogP) is 0.813. The Bertz CT molecular complexity index is 499. The van der Waals surface area contributed by atoms with Crippen molar-refractivity contribution >= 4 is 5.91 Å². The largest absolute Gasteiger partial charge is 0.507 e. The molecule has 19 heavy (non-hydrogen) atoms. The minimum absolute atomic E-state index is 0.281. The average molecular weight is 263 g/mol. The van der Waals surface area contributed by atoms with E-state index in [-0.39, 0.29) is 11.3 Å². The van der Waals surface area contributed by atoms with Crippen molar-refractivity contribution in [2.45, 2.75) is 0 Å². The average Bonchev–Trinajstić information content (AvgIpc) is 2.39. The number of rotatable bonds is 2. The number of piperazine rings is 1. The molecule has 0 atom stereocenters. The van der Waals surface area contributed by atoms with Crippen molar-refractivity contribution in [3.8, 4) is 11.8 Å². The number of hydrogen-bond donors (Lipinski definition) is 1. The fourth-order valence-electron chi connectivity index (χ4n) is 2.09. The maximum atomic E-state index is 13.6. The smallest absolute Gasteiger partial charge is 0.260 e. The maximum absolute atomic E-state index is 13.6. The highest BCUT2D eigenvalue weighted by molar-refractivity contribution is 5.97. The molecule has 2 rings (SSSR count). The first-order chi connectivity index (χ1) is 9.13. The van der Waals surface area contributed by atoms with Gasteiger partial charge in [0.2, 0.25) is 0 Å². The molecule has 1 amide bonds. The summed E-state index contributed by atoms with van der Waals surface area (Å²) >= 11 is 0. The van der Waals surface area contributed by atoms with Crippen molar-refractivity contribution in [2.24, 2.45) is 0 Å². The van der Waals surface area contributed by atoms with Gasteiger partial charge in [0.25, 0.3) is 5.91 Å². The minimum atomic E-state index is -0.718. The molecule has 0 unspecified atom stereocenters. The molecule has 0 aliphatic carbocycles. The number of hydrogen-bond acceptors (Lipinski definition) is 4. The summed E-state index contributed by atoms with van der Waals surface area (Å²) in [6.45, 7) is 2.33. The van der Waals surface area contributed by atoms with Gasteiger partial charge in [-0.2, -0.15) is 5.26 Å². The third-order valence-corrected chi connectivity index (χ3v) is 3.16. The van der Waals surface area contributed by atoms with Gasteiger partial charge in [0, 0.05) is 26.2 Å². The SMILES string of the molecule is N#CCN1CCN(C(=O)c2c(O)cccc2F)CC1. The molecular weight excluding hydrogens is 249 g/mol. The second-order valence-electron chi connectivity index (χ2n) is 4.36.